The van der Waals surface area contributed by atoms with Gasteiger partial charge in [-0.1, -0.05) is 5.16 Å². The van der Waals surface area contributed by atoms with Crippen LogP contribution in [0.1, 0.15) is 12.8 Å². The predicted molar refractivity (Wildman–Crippen MR) is 47.2 cm³/mol. The molecule has 82 valence electrons. The van der Waals surface area contributed by atoms with Gasteiger partial charge in [0.05, 0.1) is 5.92 Å². The van der Waals surface area contributed by atoms with Crippen LogP contribution < -0.4 is 5.73 Å². The minimum atomic E-state index is -1.40. The Kier molecular flexibility index (Phi) is 1.93. The Morgan fingerprint density at radius 1 is 1.47 bits per heavy atom. The molecule has 1 fully saturated rings. The number of hydrogen-bond donors (Lipinski definition) is 3. The van der Waals surface area contributed by atoms with Gasteiger partial charge in [-0.25, -0.2) is 4.79 Å². The van der Waals surface area contributed by atoms with Crippen molar-refractivity contribution in [3.05, 3.63) is 0 Å². The molecule has 0 aromatic heterocycles. The largest absolute Gasteiger partial charge is 0.480 e. The van der Waals surface area contributed by atoms with E-state index in [4.69, 9.17) is 20.8 Å². The lowest BCUT2D eigenvalue weighted by atomic mass is 9.95. The van der Waals surface area contributed by atoms with Crippen LogP contribution in [-0.2, 0) is 14.4 Å². The molecule has 0 unspecified atom stereocenters. The van der Waals surface area contributed by atoms with Crippen LogP contribution in [0.4, 0.5) is 0 Å². The molecule has 0 spiro atoms. The highest BCUT2D eigenvalue weighted by Gasteiger charge is 2.54. The maximum atomic E-state index is 10.9. The van der Waals surface area contributed by atoms with E-state index in [-0.39, 0.29) is 18.6 Å². The lowest BCUT2D eigenvalue weighted by Gasteiger charge is -2.17. The van der Waals surface area contributed by atoms with Gasteiger partial charge < -0.3 is 20.8 Å². The second-order valence-electron chi connectivity index (χ2n) is 3.90. The monoisotopic (exact) mass is 214 g/mol. The fourth-order valence-corrected chi connectivity index (χ4v) is 2.06. The number of nitrogens with zero attached hydrogens (tertiary/aromatic N) is 1. The van der Waals surface area contributed by atoms with E-state index in [0.717, 1.165) is 0 Å². The lowest BCUT2D eigenvalue weighted by molar-refractivity contribution is -0.143. The van der Waals surface area contributed by atoms with Crippen LogP contribution in [0, 0.1) is 5.92 Å². The Balaban J connectivity index is 2.21. The summed E-state index contributed by atoms with van der Waals surface area (Å²) in [4.78, 5) is 26.4. The van der Waals surface area contributed by atoms with Gasteiger partial charge in [0.1, 0.15) is 11.6 Å². The van der Waals surface area contributed by atoms with E-state index in [1.807, 2.05) is 0 Å². The molecule has 2 aliphatic rings. The van der Waals surface area contributed by atoms with Crippen LogP contribution in [0.2, 0.25) is 0 Å². The molecule has 0 bridgehead atoms. The van der Waals surface area contributed by atoms with Crippen molar-refractivity contribution in [2.75, 3.05) is 0 Å². The van der Waals surface area contributed by atoms with Crippen molar-refractivity contribution in [3.8, 4) is 0 Å². The summed E-state index contributed by atoms with van der Waals surface area (Å²) in [5.74, 6) is -2.83. The molecule has 1 saturated carbocycles. The fraction of sp³-hybridized carbons (Fsp3) is 0.625. The van der Waals surface area contributed by atoms with Crippen LogP contribution in [0.3, 0.4) is 0 Å². The molecule has 0 aromatic carbocycles. The molecule has 0 saturated heterocycles. The first-order valence-electron chi connectivity index (χ1n) is 4.43. The Labute approximate surface area is 84.5 Å². The van der Waals surface area contributed by atoms with Crippen molar-refractivity contribution in [2.24, 2.45) is 16.8 Å². The standard InChI is InChI=1S/C8H10N2O5/c9-8(7(13)14)1-3-4(2-8)15-10-5(3)6(11)12/h3-4H,1-2,9H2,(H,11,12)(H,13,14)/t3-,4+,8+/m0/s1. The minimum Gasteiger partial charge on any atom is -0.480 e. The van der Waals surface area contributed by atoms with E-state index in [1.54, 1.807) is 0 Å². The second-order valence-corrected chi connectivity index (χ2v) is 3.90. The van der Waals surface area contributed by atoms with Crippen LogP contribution in [0.5, 0.6) is 0 Å². The zero-order valence-corrected chi connectivity index (χ0v) is 7.71. The van der Waals surface area contributed by atoms with Crippen molar-refractivity contribution in [1.82, 2.24) is 0 Å². The number of carboxylic acid groups (broad SMARTS) is 2. The molecule has 1 aliphatic heterocycles. The van der Waals surface area contributed by atoms with Crippen molar-refractivity contribution in [2.45, 2.75) is 24.5 Å². The minimum absolute atomic E-state index is 0.0537. The quantitative estimate of drug-likeness (QED) is 0.542. The number of rotatable bonds is 2. The van der Waals surface area contributed by atoms with E-state index in [1.165, 1.54) is 0 Å². The van der Waals surface area contributed by atoms with Crippen LogP contribution in [0.15, 0.2) is 5.16 Å². The molecule has 0 radical (unpaired) electrons. The molecule has 7 nitrogen and oxygen atoms in total. The number of aliphatic carboxylic acids is 2. The second kappa shape index (κ2) is 2.93. The van der Waals surface area contributed by atoms with Gasteiger partial charge in [-0.2, -0.15) is 0 Å². The Hall–Kier alpha value is -1.63. The van der Waals surface area contributed by atoms with E-state index >= 15 is 0 Å². The van der Waals surface area contributed by atoms with Crippen LogP contribution >= 0.6 is 0 Å². The molecular weight excluding hydrogens is 204 g/mol. The smallest absolute Gasteiger partial charge is 0.354 e. The van der Waals surface area contributed by atoms with Crippen LogP contribution in [-0.4, -0.2) is 39.5 Å². The molecule has 0 aromatic rings. The van der Waals surface area contributed by atoms with Gasteiger partial charge in [0.15, 0.2) is 5.71 Å². The van der Waals surface area contributed by atoms with E-state index in [0.29, 0.717) is 0 Å². The third-order valence-corrected chi connectivity index (χ3v) is 2.88. The molecule has 4 N–H and O–H groups in total. The van der Waals surface area contributed by atoms with Gasteiger partial charge in [0, 0.05) is 6.42 Å². The number of carbonyl (C=O) groups is 2. The van der Waals surface area contributed by atoms with E-state index in [2.05, 4.69) is 5.16 Å². The number of carboxylic acids is 2. The van der Waals surface area contributed by atoms with Crippen molar-refractivity contribution < 1.29 is 24.6 Å². The molecular formula is C8H10N2O5. The summed E-state index contributed by atoms with van der Waals surface area (Å²) in [7, 11) is 0. The molecule has 15 heavy (non-hydrogen) atoms. The summed E-state index contributed by atoms with van der Waals surface area (Å²) in [6, 6.07) is 0. The highest BCUT2D eigenvalue weighted by atomic mass is 16.6. The normalized spacial score (nSPS) is 38.1. The lowest BCUT2D eigenvalue weighted by Crippen LogP contribution is -2.46. The van der Waals surface area contributed by atoms with E-state index < -0.39 is 29.5 Å². The first-order chi connectivity index (χ1) is 6.94. The highest BCUT2D eigenvalue weighted by Crippen LogP contribution is 2.39. The maximum Gasteiger partial charge on any atom is 0.354 e. The van der Waals surface area contributed by atoms with Crippen molar-refractivity contribution in [3.63, 3.8) is 0 Å². The molecule has 1 aliphatic carbocycles. The maximum absolute atomic E-state index is 10.9. The van der Waals surface area contributed by atoms with Gasteiger partial charge in [-0.3, -0.25) is 4.79 Å². The number of hydrogen-bond acceptors (Lipinski definition) is 5. The fourth-order valence-electron chi connectivity index (χ4n) is 2.06. The Morgan fingerprint density at radius 3 is 2.67 bits per heavy atom. The van der Waals surface area contributed by atoms with Gasteiger partial charge in [-0.05, 0) is 6.42 Å². The summed E-state index contributed by atoms with van der Waals surface area (Å²) >= 11 is 0. The Bertz CT molecular complexity index is 366. The summed E-state index contributed by atoms with van der Waals surface area (Å²) in [6.07, 6.45) is -0.372. The molecule has 1 heterocycles. The van der Waals surface area contributed by atoms with Crippen molar-refractivity contribution in [1.29, 1.82) is 0 Å². The zero-order valence-electron chi connectivity index (χ0n) is 7.71. The van der Waals surface area contributed by atoms with Gasteiger partial charge in [0.2, 0.25) is 0 Å². The predicted octanol–water partition coefficient (Wildman–Crippen LogP) is -0.982. The Morgan fingerprint density at radius 2 is 2.13 bits per heavy atom. The third-order valence-electron chi connectivity index (χ3n) is 2.88. The molecule has 2 rings (SSSR count). The summed E-state index contributed by atoms with van der Waals surface area (Å²) in [5.41, 5.74) is 4.10. The zero-order chi connectivity index (χ0) is 11.2. The number of oxime groups is 1. The third kappa shape index (κ3) is 1.35. The number of nitrogens with two attached hydrogens (primary N) is 1. The summed E-state index contributed by atoms with van der Waals surface area (Å²) in [6.45, 7) is 0. The first kappa shape index (κ1) is 9.91. The summed E-state index contributed by atoms with van der Waals surface area (Å²) < 4.78 is 0. The van der Waals surface area contributed by atoms with Crippen molar-refractivity contribution >= 4 is 17.7 Å². The van der Waals surface area contributed by atoms with Gasteiger partial charge in [0.25, 0.3) is 0 Å². The average molecular weight is 214 g/mol. The number of fused-ring (bicyclic) bond motifs is 1. The highest BCUT2D eigenvalue weighted by molar-refractivity contribution is 6.37. The van der Waals surface area contributed by atoms with E-state index in [9.17, 15) is 9.59 Å². The van der Waals surface area contributed by atoms with Gasteiger partial charge in [-0.15, -0.1) is 0 Å². The molecule has 0 amide bonds. The topological polar surface area (TPSA) is 122 Å². The molecule has 7 heteroatoms. The average Bonchev–Trinajstić information content (AvgIpc) is 2.60. The first-order valence-corrected chi connectivity index (χ1v) is 4.43. The van der Waals surface area contributed by atoms with Gasteiger partial charge >= 0.3 is 11.9 Å². The summed E-state index contributed by atoms with van der Waals surface area (Å²) in [5, 5.41) is 21.1. The van der Waals surface area contributed by atoms with Crippen LogP contribution in [0.25, 0.3) is 0 Å². The SMILES string of the molecule is N[C@]1(C(=O)O)C[C@@H]2C(C(=O)O)=NO[C@@H]2C1. The molecule has 3 atom stereocenters.